The van der Waals surface area contributed by atoms with E-state index in [-0.39, 0.29) is 0 Å². The number of fused-ring (bicyclic) bond motifs is 1. The summed E-state index contributed by atoms with van der Waals surface area (Å²) >= 11 is 0. The molecule has 0 aliphatic rings. The smallest absolute Gasteiger partial charge is 0.0741 e. The molecular weight excluding hydrogens is 266 g/mol. The maximum atomic E-state index is 5.01. The molecule has 22 heavy (non-hydrogen) atoms. The largest absolute Gasteiger partial charge is 0.247 e. The third kappa shape index (κ3) is 2.41. The molecule has 0 saturated carbocycles. The summed E-state index contributed by atoms with van der Waals surface area (Å²) in [6.45, 7) is 13.0. The van der Waals surface area contributed by atoms with E-state index in [1.54, 1.807) is 0 Å². The van der Waals surface area contributed by atoms with E-state index in [2.05, 4.69) is 71.9 Å². The van der Waals surface area contributed by atoms with Gasteiger partial charge < -0.3 is 0 Å². The van der Waals surface area contributed by atoms with Crippen molar-refractivity contribution in [3.8, 4) is 11.3 Å². The van der Waals surface area contributed by atoms with E-state index < -0.39 is 0 Å². The topological polar surface area (TPSA) is 12.9 Å². The Labute approximate surface area is 133 Å². The first-order valence-corrected chi connectivity index (χ1v) is 7.83. The van der Waals surface area contributed by atoms with Crippen molar-refractivity contribution in [3.63, 3.8) is 0 Å². The summed E-state index contributed by atoms with van der Waals surface area (Å²) in [5, 5.41) is 1.26. The molecule has 0 spiro atoms. The van der Waals surface area contributed by atoms with Crippen molar-refractivity contribution in [3.05, 3.63) is 63.7 Å². The molecule has 0 aliphatic carbocycles. The Hall–Kier alpha value is -2.15. The zero-order valence-corrected chi connectivity index (χ0v) is 14.3. The van der Waals surface area contributed by atoms with Crippen LogP contribution in [-0.2, 0) is 0 Å². The lowest BCUT2D eigenvalue weighted by molar-refractivity contribution is 1.25. The van der Waals surface area contributed by atoms with Crippen molar-refractivity contribution >= 4 is 10.9 Å². The molecule has 0 N–H and O–H groups in total. The van der Waals surface area contributed by atoms with Gasteiger partial charge in [0.05, 0.1) is 11.2 Å². The van der Waals surface area contributed by atoms with Crippen LogP contribution in [0.2, 0.25) is 0 Å². The second kappa shape index (κ2) is 5.24. The van der Waals surface area contributed by atoms with Gasteiger partial charge in [0.25, 0.3) is 0 Å². The highest BCUT2D eigenvalue weighted by Crippen LogP contribution is 2.31. The van der Waals surface area contributed by atoms with Gasteiger partial charge in [0.15, 0.2) is 0 Å². The van der Waals surface area contributed by atoms with Crippen LogP contribution in [-0.4, -0.2) is 4.98 Å². The summed E-state index contributed by atoms with van der Waals surface area (Å²) in [5.41, 5.74) is 11.2. The average molecular weight is 289 g/mol. The molecule has 0 bridgehead atoms. The molecule has 1 heteroatoms. The SMILES string of the molecule is Cc1cc(C)c(C)c(-c2nc3cc(C)cc(C)c3cc2C)c1. The van der Waals surface area contributed by atoms with Gasteiger partial charge >= 0.3 is 0 Å². The number of pyridine rings is 1. The van der Waals surface area contributed by atoms with E-state index in [0.717, 1.165) is 11.2 Å². The first-order valence-electron chi connectivity index (χ1n) is 7.83. The van der Waals surface area contributed by atoms with E-state index in [1.807, 2.05) is 0 Å². The molecular formula is C21H23N. The molecule has 1 heterocycles. The first kappa shape index (κ1) is 14.8. The zero-order chi connectivity index (χ0) is 16.0. The van der Waals surface area contributed by atoms with Gasteiger partial charge in [-0.1, -0.05) is 17.7 Å². The Kier molecular flexibility index (Phi) is 3.52. The zero-order valence-electron chi connectivity index (χ0n) is 14.3. The maximum absolute atomic E-state index is 5.01. The second-order valence-corrected chi connectivity index (χ2v) is 6.56. The van der Waals surface area contributed by atoms with Crippen LogP contribution in [0.5, 0.6) is 0 Å². The summed E-state index contributed by atoms with van der Waals surface area (Å²) in [6, 6.07) is 11.2. The van der Waals surface area contributed by atoms with Crippen LogP contribution >= 0.6 is 0 Å². The van der Waals surface area contributed by atoms with Crippen LogP contribution in [0.1, 0.15) is 33.4 Å². The van der Waals surface area contributed by atoms with Crippen molar-refractivity contribution in [2.24, 2.45) is 0 Å². The van der Waals surface area contributed by atoms with Crippen LogP contribution in [0.25, 0.3) is 22.2 Å². The lowest BCUT2D eigenvalue weighted by Gasteiger charge is -2.14. The Bertz CT molecular complexity index is 888. The third-order valence-electron chi connectivity index (χ3n) is 4.54. The number of aromatic nitrogens is 1. The van der Waals surface area contributed by atoms with Gasteiger partial charge in [-0.2, -0.15) is 0 Å². The van der Waals surface area contributed by atoms with Gasteiger partial charge in [-0.15, -0.1) is 0 Å². The van der Waals surface area contributed by atoms with E-state index in [0.29, 0.717) is 0 Å². The van der Waals surface area contributed by atoms with Crippen LogP contribution in [0, 0.1) is 41.5 Å². The highest BCUT2D eigenvalue weighted by molar-refractivity contribution is 5.87. The molecule has 3 rings (SSSR count). The van der Waals surface area contributed by atoms with Crippen molar-refractivity contribution in [1.29, 1.82) is 0 Å². The second-order valence-electron chi connectivity index (χ2n) is 6.56. The van der Waals surface area contributed by atoms with Gasteiger partial charge in [-0.3, -0.25) is 0 Å². The van der Waals surface area contributed by atoms with E-state index >= 15 is 0 Å². The Morgan fingerprint density at radius 1 is 0.636 bits per heavy atom. The minimum Gasteiger partial charge on any atom is -0.247 e. The molecule has 0 saturated heterocycles. The lowest BCUT2D eigenvalue weighted by atomic mass is 9.94. The van der Waals surface area contributed by atoms with Crippen LogP contribution < -0.4 is 0 Å². The third-order valence-corrected chi connectivity index (χ3v) is 4.54. The number of rotatable bonds is 1. The van der Waals surface area contributed by atoms with Crippen LogP contribution in [0.4, 0.5) is 0 Å². The normalized spacial score (nSPS) is 11.2. The Morgan fingerprint density at radius 2 is 1.27 bits per heavy atom. The highest BCUT2D eigenvalue weighted by Gasteiger charge is 2.12. The van der Waals surface area contributed by atoms with E-state index in [1.165, 1.54) is 44.3 Å². The fourth-order valence-corrected chi connectivity index (χ4v) is 3.29. The van der Waals surface area contributed by atoms with Gasteiger partial charge in [0.1, 0.15) is 0 Å². The monoisotopic (exact) mass is 289 g/mol. The van der Waals surface area contributed by atoms with Gasteiger partial charge in [-0.25, -0.2) is 4.98 Å². The Balaban J connectivity index is 2.35. The standard InChI is InChI=1S/C21H23N/c1-12-7-14(3)17(6)19(9-12)21-16(5)11-18-15(4)8-13(2)10-20(18)22-21/h7-11H,1-6H3. The predicted molar refractivity (Wildman–Crippen MR) is 95.6 cm³/mol. The lowest BCUT2D eigenvalue weighted by Crippen LogP contribution is -1.96. The highest BCUT2D eigenvalue weighted by atomic mass is 14.7. The van der Waals surface area contributed by atoms with Gasteiger partial charge in [0.2, 0.25) is 0 Å². The molecule has 0 amide bonds. The molecule has 0 aliphatic heterocycles. The number of aryl methyl sites for hydroxylation is 5. The molecule has 0 unspecified atom stereocenters. The van der Waals surface area contributed by atoms with Gasteiger partial charge in [-0.05, 0) is 87.6 Å². The molecule has 0 fully saturated rings. The number of nitrogens with zero attached hydrogens (tertiary/aromatic N) is 1. The van der Waals surface area contributed by atoms with Crippen molar-refractivity contribution in [1.82, 2.24) is 4.98 Å². The molecule has 3 aromatic rings. The summed E-state index contributed by atoms with van der Waals surface area (Å²) in [6.07, 6.45) is 0. The number of hydrogen-bond acceptors (Lipinski definition) is 1. The molecule has 1 nitrogen and oxygen atoms in total. The van der Waals surface area contributed by atoms with Crippen molar-refractivity contribution in [2.45, 2.75) is 41.5 Å². The predicted octanol–water partition coefficient (Wildman–Crippen LogP) is 5.75. The van der Waals surface area contributed by atoms with E-state index in [9.17, 15) is 0 Å². The van der Waals surface area contributed by atoms with Crippen LogP contribution in [0.3, 0.4) is 0 Å². The van der Waals surface area contributed by atoms with E-state index in [4.69, 9.17) is 4.98 Å². The fraction of sp³-hybridized carbons (Fsp3) is 0.286. The van der Waals surface area contributed by atoms with Crippen molar-refractivity contribution in [2.75, 3.05) is 0 Å². The maximum Gasteiger partial charge on any atom is 0.0741 e. The fourth-order valence-electron chi connectivity index (χ4n) is 3.29. The number of hydrogen-bond donors (Lipinski definition) is 0. The molecule has 0 atom stereocenters. The molecule has 1 aromatic heterocycles. The summed E-state index contributed by atoms with van der Waals surface area (Å²) in [4.78, 5) is 5.01. The minimum absolute atomic E-state index is 1.09. The number of benzene rings is 2. The summed E-state index contributed by atoms with van der Waals surface area (Å²) < 4.78 is 0. The summed E-state index contributed by atoms with van der Waals surface area (Å²) in [7, 11) is 0. The van der Waals surface area contributed by atoms with Gasteiger partial charge in [0, 0.05) is 10.9 Å². The van der Waals surface area contributed by atoms with Crippen molar-refractivity contribution < 1.29 is 0 Å². The molecule has 0 radical (unpaired) electrons. The molecule has 2 aromatic carbocycles. The minimum atomic E-state index is 1.09. The average Bonchev–Trinajstić information content (AvgIpc) is 2.43. The Morgan fingerprint density at radius 3 is 2.00 bits per heavy atom. The van der Waals surface area contributed by atoms with Crippen LogP contribution in [0.15, 0.2) is 30.3 Å². The quantitative estimate of drug-likeness (QED) is 0.555. The molecule has 112 valence electrons. The first-order chi connectivity index (χ1) is 10.4. The summed E-state index contributed by atoms with van der Waals surface area (Å²) in [5.74, 6) is 0.